The summed E-state index contributed by atoms with van der Waals surface area (Å²) < 4.78 is 5.55. The van der Waals surface area contributed by atoms with Gasteiger partial charge in [-0.2, -0.15) is 0 Å². The van der Waals surface area contributed by atoms with Crippen molar-refractivity contribution in [3.8, 4) is 5.75 Å². The monoisotopic (exact) mass is 289 g/mol. The molecule has 0 fully saturated rings. The van der Waals surface area contributed by atoms with Crippen molar-refractivity contribution in [3.05, 3.63) is 52.2 Å². The normalized spacial score (nSPS) is 10.2. The van der Waals surface area contributed by atoms with E-state index in [0.717, 1.165) is 17.7 Å². The summed E-state index contributed by atoms with van der Waals surface area (Å²) in [4.78, 5) is 12.9. The second kappa shape index (κ2) is 7.70. The van der Waals surface area contributed by atoms with Gasteiger partial charge in [-0.1, -0.05) is 18.2 Å². The number of hydrogen-bond acceptors (Lipinski definition) is 3. The lowest BCUT2D eigenvalue weighted by atomic mass is 10.2. The smallest absolute Gasteiger partial charge is 0.223 e. The third-order valence-corrected chi connectivity index (χ3v) is 3.80. The molecule has 0 aliphatic carbocycles. The summed E-state index contributed by atoms with van der Waals surface area (Å²) in [7, 11) is 0. The summed E-state index contributed by atoms with van der Waals surface area (Å²) in [5.74, 6) is 0.852. The Balaban J connectivity index is 1.60. The Kier molecular flexibility index (Phi) is 5.62. The van der Waals surface area contributed by atoms with E-state index in [1.807, 2.05) is 42.6 Å². The highest BCUT2D eigenvalue weighted by Gasteiger charge is 2.02. The van der Waals surface area contributed by atoms with E-state index in [1.165, 1.54) is 4.88 Å². The molecule has 0 atom stereocenters. The van der Waals surface area contributed by atoms with Gasteiger partial charge >= 0.3 is 0 Å². The molecule has 0 aliphatic heterocycles. The Labute approximate surface area is 123 Å². The minimum Gasteiger partial charge on any atom is -0.493 e. The minimum absolute atomic E-state index is 0.0363. The molecule has 0 saturated heterocycles. The second-order valence-corrected chi connectivity index (χ2v) is 5.63. The molecule has 0 saturated carbocycles. The first-order chi connectivity index (χ1) is 9.74. The fraction of sp³-hybridized carbons (Fsp3) is 0.312. The fourth-order valence-corrected chi connectivity index (χ4v) is 2.54. The van der Waals surface area contributed by atoms with Crippen LogP contribution in [-0.2, 0) is 11.2 Å². The molecule has 1 heterocycles. The molecule has 4 heteroatoms. The van der Waals surface area contributed by atoms with Gasteiger partial charge < -0.3 is 10.1 Å². The van der Waals surface area contributed by atoms with Crippen molar-refractivity contribution in [2.24, 2.45) is 0 Å². The topological polar surface area (TPSA) is 38.3 Å². The molecule has 3 nitrogen and oxygen atoms in total. The van der Waals surface area contributed by atoms with E-state index in [-0.39, 0.29) is 5.91 Å². The summed E-state index contributed by atoms with van der Waals surface area (Å²) >= 11 is 1.72. The van der Waals surface area contributed by atoms with Gasteiger partial charge in [0, 0.05) is 11.4 Å². The molecule has 1 aromatic heterocycles. The molecule has 0 bridgehead atoms. The average Bonchev–Trinajstić information content (AvgIpc) is 2.92. The zero-order chi connectivity index (χ0) is 14.2. The van der Waals surface area contributed by atoms with Crippen molar-refractivity contribution in [2.45, 2.75) is 19.8 Å². The number of rotatable bonds is 7. The lowest BCUT2D eigenvalue weighted by Gasteiger charge is -2.07. The van der Waals surface area contributed by atoms with Gasteiger partial charge in [0.2, 0.25) is 5.91 Å². The highest BCUT2D eigenvalue weighted by Crippen LogP contribution is 2.12. The SMILES string of the molecule is Cc1cccc(OCCC(=O)NCCc2cccs2)c1. The van der Waals surface area contributed by atoms with Gasteiger partial charge in [0.15, 0.2) is 0 Å². The number of carbonyl (C=O) groups is 1. The van der Waals surface area contributed by atoms with E-state index >= 15 is 0 Å². The molecule has 1 aromatic carbocycles. The molecule has 1 amide bonds. The summed E-state index contributed by atoms with van der Waals surface area (Å²) in [6.07, 6.45) is 1.28. The number of benzene rings is 1. The van der Waals surface area contributed by atoms with Gasteiger partial charge in [0.1, 0.15) is 5.75 Å². The molecule has 20 heavy (non-hydrogen) atoms. The Morgan fingerprint density at radius 1 is 1.30 bits per heavy atom. The minimum atomic E-state index is 0.0363. The lowest BCUT2D eigenvalue weighted by molar-refractivity contribution is -0.121. The first-order valence-electron chi connectivity index (χ1n) is 6.72. The maximum Gasteiger partial charge on any atom is 0.223 e. The summed E-state index contributed by atoms with van der Waals surface area (Å²) in [5, 5.41) is 4.95. The van der Waals surface area contributed by atoms with Crippen LogP contribution in [0.5, 0.6) is 5.75 Å². The van der Waals surface area contributed by atoms with Gasteiger partial charge in [-0.15, -0.1) is 11.3 Å². The third kappa shape index (κ3) is 5.05. The van der Waals surface area contributed by atoms with Crippen LogP contribution in [0, 0.1) is 6.92 Å². The molecular weight excluding hydrogens is 270 g/mol. The van der Waals surface area contributed by atoms with Gasteiger partial charge in [0.25, 0.3) is 0 Å². The van der Waals surface area contributed by atoms with E-state index in [0.29, 0.717) is 19.6 Å². The molecule has 2 rings (SSSR count). The van der Waals surface area contributed by atoms with Gasteiger partial charge in [-0.25, -0.2) is 0 Å². The van der Waals surface area contributed by atoms with Crippen LogP contribution in [0.3, 0.4) is 0 Å². The quantitative estimate of drug-likeness (QED) is 0.850. The van der Waals surface area contributed by atoms with Gasteiger partial charge in [-0.05, 0) is 42.5 Å². The largest absolute Gasteiger partial charge is 0.493 e. The summed E-state index contributed by atoms with van der Waals surface area (Å²) in [6.45, 7) is 3.11. The van der Waals surface area contributed by atoms with E-state index in [4.69, 9.17) is 4.74 Å². The van der Waals surface area contributed by atoms with E-state index in [2.05, 4.69) is 11.4 Å². The van der Waals surface area contributed by atoms with E-state index in [1.54, 1.807) is 11.3 Å². The van der Waals surface area contributed by atoms with Crippen molar-refractivity contribution < 1.29 is 9.53 Å². The van der Waals surface area contributed by atoms with Crippen molar-refractivity contribution >= 4 is 17.2 Å². The van der Waals surface area contributed by atoms with Crippen LogP contribution in [-0.4, -0.2) is 19.1 Å². The molecule has 106 valence electrons. The average molecular weight is 289 g/mol. The van der Waals surface area contributed by atoms with Crippen LogP contribution in [0.2, 0.25) is 0 Å². The van der Waals surface area contributed by atoms with Crippen LogP contribution < -0.4 is 10.1 Å². The number of hydrogen-bond donors (Lipinski definition) is 1. The maximum absolute atomic E-state index is 11.6. The number of ether oxygens (including phenoxy) is 1. The van der Waals surface area contributed by atoms with Crippen molar-refractivity contribution in [1.82, 2.24) is 5.32 Å². The lowest BCUT2D eigenvalue weighted by Crippen LogP contribution is -2.26. The predicted octanol–water partition coefficient (Wildman–Crippen LogP) is 3.18. The van der Waals surface area contributed by atoms with E-state index < -0.39 is 0 Å². The zero-order valence-corrected chi connectivity index (χ0v) is 12.4. The fourth-order valence-electron chi connectivity index (χ4n) is 1.84. The van der Waals surface area contributed by atoms with Crippen LogP contribution >= 0.6 is 11.3 Å². The Morgan fingerprint density at radius 2 is 2.20 bits per heavy atom. The number of amides is 1. The molecule has 2 aromatic rings. The Morgan fingerprint density at radius 3 is 2.95 bits per heavy atom. The Bertz CT molecular complexity index is 537. The molecular formula is C16H19NO2S. The van der Waals surface area contributed by atoms with Crippen molar-refractivity contribution in [3.63, 3.8) is 0 Å². The molecule has 1 N–H and O–H groups in total. The molecule has 0 unspecified atom stereocenters. The van der Waals surface area contributed by atoms with Gasteiger partial charge in [0.05, 0.1) is 13.0 Å². The highest BCUT2D eigenvalue weighted by molar-refractivity contribution is 7.09. The predicted molar refractivity (Wildman–Crippen MR) is 82.3 cm³/mol. The summed E-state index contributed by atoms with van der Waals surface area (Å²) in [5.41, 5.74) is 1.16. The van der Waals surface area contributed by atoms with Crippen LogP contribution in [0.1, 0.15) is 16.9 Å². The van der Waals surface area contributed by atoms with Crippen molar-refractivity contribution in [2.75, 3.05) is 13.2 Å². The summed E-state index contributed by atoms with van der Waals surface area (Å²) in [6, 6.07) is 11.9. The number of aryl methyl sites for hydroxylation is 1. The van der Waals surface area contributed by atoms with Crippen LogP contribution in [0.4, 0.5) is 0 Å². The zero-order valence-electron chi connectivity index (χ0n) is 11.6. The molecule has 0 radical (unpaired) electrons. The third-order valence-electron chi connectivity index (χ3n) is 2.86. The first-order valence-corrected chi connectivity index (χ1v) is 7.60. The second-order valence-electron chi connectivity index (χ2n) is 4.59. The van der Waals surface area contributed by atoms with Crippen LogP contribution in [0.15, 0.2) is 41.8 Å². The van der Waals surface area contributed by atoms with Crippen LogP contribution in [0.25, 0.3) is 0 Å². The number of thiophene rings is 1. The number of nitrogens with one attached hydrogen (secondary N) is 1. The maximum atomic E-state index is 11.6. The van der Waals surface area contributed by atoms with E-state index in [9.17, 15) is 4.79 Å². The van der Waals surface area contributed by atoms with Crippen molar-refractivity contribution in [1.29, 1.82) is 0 Å². The molecule has 0 spiro atoms. The number of carbonyl (C=O) groups excluding carboxylic acids is 1. The Hall–Kier alpha value is -1.81. The molecule has 0 aliphatic rings. The first kappa shape index (κ1) is 14.6. The standard InChI is InChI=1S/C16H19NO2S/c1-13-4-2-5-14(12-13)19-10-8-16(18)17-9-7-15-6-3-11-20-15/h2-6,11-12H,7-10H2,1H3,(H,17,18). The van der Waals surface area contributed by atoms with Gasteiger partial charge in [-0.3, -0.25) is 4.79 Å². The highest BCUT2D eigenvalue weighted by atomic mass is 32.1.